The Bertz CT molecular complexity index is 451. The highest BCUT2D eigenvalue weighted by Gasteiger charge is 1.99. The first-order valence-electron chi connectivity index (χ1n) is 4.59. The number of pyridine rings is 1. The zero-order valence-corrected chi connectivity index (χ0v) is 10.9. The van der Waals surface area contributed by atoms with Crippen molar-refractivity contribution < 1.29 is 9.53 Å². The van der Waals surface area contributed by atoms with Crippen LogP contribution in [0.2, 0.25) is 5.15 Å². The van der Waals surface area contributed by atoms with Crippen molar-refractivity contribution in [1.82, 2.24) is 4.98 Å². The van der Waals surface area contributed by atoms with Crippen LogP contribution in [0.25, 0.3) is 0 Å². The molecule has 0 amide bonds. The predicted octanol–water partition coefficient (Wildman–Crippen LogP) is 2.80. The number of rotatable bonds is 2. The van der Waals surface area contributed by atoms with Gasteiger partial charge in [0.15, 0.2) is 0 Å². The minimum Gasteiger partial charge on any atom is -0.465 e. The first-order valence-corrected chi connectivity index (χ1v) is 5.76. The normalized spacial score (nSPS) is 9.19. The summed E-state index contributed by atoms with van der Waals surface area (Å²) in [5.74, 6) is 5.21. The molecule has 1 aromatic rings. The van der Waals surface area contributed by atoms with Crippen molar-refractivity contribution in [3.8, 4) is 11.8 Å². The maximum Gasteiger partial charge on any atom is 0.317 e. The molecule has 0 N–H and O–H groups in total. The third kappa shape index (κ3) is 4.21. The molecule has 0 aliphatic heterocycles. The minimum atomic E-state index is -0.328. The molecule has 1 rings (SSSR count). The van der Waals surface area contributed by atoms with Crippen molar-refractivity contribution in [2.45, 2.75) is 13.3 Å². The van der Waals surface area contributed by atoms with E-state index in [0.29, 0.717) is 17.3 Å². The Morgan fingerprint density at radius 3 is 3.12 bits per heavy atom. The number of ether oxygens (including phenoxy) is 1. The lowest BCUT2D eigenvalue weighted by atomic mass is 10.2. The summed E-state index contributed by atoms with van der Waals surface area (Å²) in [6, 6.07) is 1.63. The van der Waals surface area contributed by atoms with Gasteiger partial charge in [0, 0.05) is 11.8 Å². The molecule has 0 fully saturated rings. The fourth-order valence-electron chi connectivity index (χ4n) is 0.933. The number of hydrogen-bond acceptors (Lipinski definition) is 3. The molecule has 84 valence electrons. The van der Waals surface area contributed by atoms with Gasteiger partial charge in [-0.2, -0.15) is 0 Å². The van der Waals surface area contributed by atoms with Crippen LogP contribution in [0.15, 0.2) is 16.7 Å². The van der Waals surface area contributed by atoms with E-state index in [0.717, 1.165) is 4.47 Å². The molecule has 0 atom stereocenters. The Morgan fingerprint density at radius 1 is 1.69 bits per heavy atom. The molecular weight excluding hydrogens is 293 g/mol. The summed E-state index contributed by atoms with van der Waals surface area (Å²) in [6.45, 7) is 2.12. The van der Waals surface area contributed by atoms with Gasteiger partial charge in [0.05, 0.1) is 11.1 Å². The van der Waals surface area contributed by atoms with Crippen LogP contribution in [0.4, 0.5) is 0 Å². The molecule has 0 radical (unpaired) electrons. The van der Waals surface area contributed by atoms with Crippen LogP contribution in [0, 0.1) is 11.8 Å². The number of halogens is 2. The van der Waals surface area contributed by atoms with Gasteiger partial charge in [-0.1, -0.05) is 23.4 Å². The van der Waals surface area contributed by atoms with Crippen molar-refractivity contribution in [2.24, 2.45) is 0 Å². The summed E-state index contributed by atoms with van der Waals surface area (Å²) in [6.07, 6.45) is 1.64. The van der Waals surface area contributed by atoms with Crippen molar-refractivity contribution in [3.63, 3.8) is 0 Å². The van der Waals surface area contributed by atoms with E-state index in [2.05, 4.69) is 32.8 Å². The Balaban J connectivity index is 2.69. The fourth-order valence-corrected chi connectivity index (χ4v) is 1.41. The first kappa shape index (κ1) is 13.0. The van der Waals surface area contributed by atoms with E-state index in [1.54, 1.807) is 19.2 Å². The number of esters is 1. The molecule has 1 heterocycles. The van der Waals surface area contributed by atoms with Gasteiger partial charge in [-0.25, -0.2) is 4.98 Å². The summed E-state index contributed by atoms with van der Waals surface area (Å²) in [4.78, 5) is 14.9. The predicted molar refractivity (Wildman–Crippen MR) is 65.1 cm³/mol. The van der Waals surface area contributed by atoms with Gasteiger partial charge in [-0.15, -0.1) is 0 Å². The van der Waals surface area contributed by atoms with Crippen LogP contribution in [-0.2, 0) is 9.53 Å². The summed E-state index contributed by atoms with van der Waals surface area (Å²) in [5.41, 5.74) is 0.698. The second-order valence-corrected chi connectivity index (χ2v) is 4.01. The summed E-state index contributed by atoms with van der Waals surface area (Å²) < 4.78 is 5.49. The number of aromatic nitrogens is 1. The minimum absolute atomic E-state index is 0.0697. The maximum atomic E-state index is 11.0. The molecule has 0 unspecified atom stereocenters. The summed E-state index contributed by atoms with van der Waals surface area (Å²) in [7, 11) is 0. The third-order valence-electron chi connectivity index (χ3n) is 1.58. The van der Waals surface area contributed by atoms with E-state index in [1.807, 2.05) is 0 Å². The zero-order chi connectivity index (χ0) is 12.0. The molecule has 0 saturated carbocycles. The molecule has 0 aliphatic carbocycles. The Hall–Kier alpha value is -1.05. The second kappa shape index (κ2) is 6.51. The van der Waals surface area contributed by atoms with E-state index in [-0.39, 0.29) is 12.4 Å². The van der Waals surface area contributed by atoms with Gasteiger partial charge >= 0.3 is 5.97 Å². The highest BCUT2D eigenvalue weighted by atomic mass is 79.9. The van der Waals surface area contributed by atoms with Crippen molar-refractivity contribution >= 4 is 33.5 Å². The first-order chi connectivity index (χ1) is 7.63. The van der Waals surface area contributed by atoms with Gasteiger partial charge in [0.25, 0.3) is 0 Å². The molecule has 0 spiro atoms. The number of nitrogens with zero attached hydrogens (tertiary/aromatic N) is 1. The average Bonchev–Trinajstić information content (AvgIpc) is 2.23. The molecule has 0 aromatic carbocycles. The van der Waals surface area contributed by atoms with Crippen molar-refractivity contribution in [2.75, 3.05) is 6.61 Å². The summed E-state index contributed by atoms with van der Waals surface area (Å²) in [5, 5.41) is 0.364. The van der Waals surface area contributed by atoms with Gasteiger partial charge in [0.1, 0.15) is 11.6 Å². The molecule has 3 nitrogen and oxygen atoms in total. The molecule has 5 heteroatoms. The number of carbonyl (C=O) groups excluding carboxylic acids is 1. The highest BCUT2D eigenvalue weighted by molar-refractivity contribution is 9.10. The van der Waals surface area contributed by atoms with Gasteiger partial charge in [-0.05, 0) is 28.9 Å². The Labute approximate surface area is 107 Å². The maximum absolute atomic E-state index is 11.0. The third-order valence-corrected chi connectivity index (χ3v) is 2.42. The van der Waals surface area contributed by atoms with Crippen LogP contribution in [0.3, 0.4) is 0 Å². The van der Waals surface area contributed by atoms with Gasteiger partial charge in [0.2, 0.25) is 0 Å². The quantitative estimate of drug-likeness (QED) is 0.479. The topological polar surface area (TPSA) is 39.2 Å². The molecule has 0 bridgehead atoms. The van der Waals surface area contributed by atoms with Crippen LogP contribution < -0.4 is 0 Å². The molecule has 0 saturated heterocycles. The van der Waals surface area contributed by atoms with Crippen LogP contribution >= 0.6 is 27.5 Å². The van der Waals surface area contributed by atoms with Crippen molar-refractivity contribution in [1.29, 1.82) is 0 Å². The highest BCUT2D eigenvalue weighted by Crippen LogP contribution is 2.17. The monoisotopic (exact) mass is 301 g/mol. The van der Waals surface area contributed by atoms with Gasteiger partial charge < -0.3 is 4.74 Å². The van der Waals surface area contributed by atoms with Gasteiger partial charge in [-0.3, -0.25) is 4.79 Å². The second-order valence-electron chi connectivity index (χ2n) is 2.77. The van der Waals surface area contributed by atoms with E-state index < -0.39 is 0 Å². The Kier molecular flexibility index (Phi) is 5.30. The lowest BCUT2D eigenvalue weighted by molar-refractivity contribution is -0.141. The lowest BCUT2D eigenvalue weighted by Gasteiger charge is -1.96. The number of carbonyl (C=O) groups is 1. The molecule has 1 aromatic heterocycles. The molecular formula is C11H9BrClNO2. The SMILES string of the molecule is CCOC(=O)CC#Cc1cc(Cl)ncc1Br. The smallest absolute Gasteiger partial charge is 0.317 e. The fraction of sp³-hybridized carbons (Fsp3) is 0.273. The molecule has 16 heavy (non-hydrogen) atoms. The van der Waals surface area contributed by atoms with Crippen molar-refractivity contribution in [3.05, 3.63) is 27.5 Å². The van der Waals surface area contributed by atoms with E-state index >= 15 is 0 Å². The van der Waals surface area contributed by atoms with Crippen LogP contribution in [-0.4, -0.2) is 17.6 Å². The average molecular weight is 303 g/mol. The number of hydrogen-bond donors (Lipinski definition) is 0. The standard InChI is InChI=1S/C11H9BrClNO2/c1-2-16-11(15)5-3-4-8-6-10(13)14-7-9(8)12/h6-7H,2,5H2,1H3. The summed E-state index contributed by atoms with van der Waals surface area (Å²) >= 11 is 9.01. The van der Waals surface area contributed by atoms with E-state index in [4.69, 9.17) is 16.3 Å². The Morgan fingerprint density at radius 2 is 2.44 bits per heavy atom. The lowest BCUT2D eigenvalue weighted by Crippen LogP contribution is -2.01. The largest absolute Gasteiger partial charge is 0.465 e. The zero-order valence-electron chi connectivity index (χ0n) is 8.59. The van der Waals surface area contributed by atoms with Crippen LogP contribution in [0.1, 0.15) is 18.9 Å². The van der Waals surface area contributed by atoms with E-state index in [9.17, 15) is 4.79 Å². The molecule has 0 aliphatic rings. The van der Waals surface area contributed by atoms with Crippen LogP contribution in [0.5, 0.6) is 0 Å². The van der Waals surface area contributed by atoms with E-state index in [1.165, 1.54) is 0 Å².